The minimum Gasteiger partial charge on any atom is -0.497 e. The average molecular weight is 389 g/mol. The molecule has 6 heteroatoms. The van der Waals surface area contributed by atoms with E-state index in [1.165, 1.54) is 0 Å². The lowest BCUT2D eigenvalue weighted by Crippen LogP contribution is -2.36. The summed E-state index contributed by atoms with van der Waals surface area (Å²) in [5.74, 6) is 0.742. The zero-order valence-electron chi connectivity index (χ0n) is 16.2. The second kappa shape index (κ2) is 9.75. The lowest BCUT2D eigenvalue weighted by atomic mass is 9.80. The van der Waals surface area contributed by atoms with E-state index in [4.69, 9.17) is 15.0 Å². The van der Waals surface area contributed by atoms with Gasteiger partial charge in [0.05, 0.1) is 26.4 Å². The standard InChI is InChI=1S/C23H23N3O3/c1-28-22-14-12-20(13-15-22)23(18-8-4-2-5-9-18,19-10-6-3-7-11-19)29-17-21(16-27)25-26-24/h2-15,21,27H,16-17H2,1H3. The minimum absolute atomic E-state index is 0.0520. The van der Waals surface area contributed by atoms with Gasteiger partial charge in [0.25, 0.3) is 0 Å². The number of ether oxygens (including phenoxy) is 2. The summed E-state index contributed by atoms with van der Waals surface area (Å²) in [5, 5.41) is 13.2. The molecular formula is C23H23N3O3. The number of aliphatic hydroxyl groups excluding tert-OH is 1. The maximum atomic E-state index is 9.57. The van der Waals surface area contributed by atoms with Gasteiger partial charge in [-0.1, -0.05) is 77.9 Å². The molecule has 0 radical (unpaired) electrons. The Bertz CT molecular complexity index is 901. The number of aliphatic hydroxyl groups is 1. The van der Waals surface area contributed by atoms with E-state index >= 15 is 0 Å². The lowest BCUT2D eigenvalue weighted by Gasteiger charge is -2.36. The summed E-state index contributed by atoms with van der Waals surface area (Å²) < 4.78 is 11.8. The van der Waals surface area contributed by atoms with Crippen molar-refractivity contribution in [3.8, 4) is 5.75 Å². The van der Waals surface area contributed by atoms with E-state index < -0.39 is 11.6 Å². The molecule has 0 aliphatic carbocycles. The molecule has 3 aromatic rings. The van der Waals surface area contributed by atoms with Crippen molar-refractivity contribution >= 4 is 0 Å². The van der Waals surface area contributed by atoms with Gasteiger partial charge < -0.3 is 14.6 Å². The van der Waals surface area contributed by atoms with Gasteiger partial charge in [0.15, 0.2) is 0 Å². The molecule has 1 atom stereocenters. The molecule has 0 fully saturated rings. The molecule has 0 amide bonds. The number of rotatable bonds is 9. The van der Waals surface area contributed by atoms with Gasteiger partial charge in [-0.05, 0) is 34.4 Å². The van der Waals surface area contributed by atoms with Crippen molar-refractivity contribution in [3.63, 3.8) is 0 Å². The van der Waals surface area contributed by atoms with E-state index in [9.17, 15) is 5.11 Å². The monoisotopic (exact) mass is 389 g/mol. The molecule has 3 aromatic carbocycles. The predicted molar refractivity (Wildman–Crippen MR) is 112 cm³/mol. The van der Waals surface area contributed by atoms with Gasteiger partial charge in [-0.3, -0.25) is 0 Å². The second-order valence-corrected chi connectivity index (χ2v) is 6.49. The third-order valence-electron chi connectivity index (χ3n) is 4.78. The van der Waals surface area contributed by atoms with Crippen LogP contribution in [0.5, 0.6) is 5.75 Å². The van der Waals surface area contributed by atoms with E-state index in [0.717, 1.165) is 22.4 Å². The van der Waals surface area contributed by atoms with Crippen LogP contribution in [-0.2, 0) is 10.3 Å². The minimum atomic E-state index is -0.951. The molecule has 0 aliphatic heterocycles. The van der Waals surface area contributed by atoms with Crippen molar-refractivity contribution in [2.75, 3.05) is 20.3 Å². The summed E-state index contributed by atoms with van der Waals surface area (Å²) in [6.45, 7) is -0.247. The number of azide groups is 1. The summed E-state index contributed by atoms with van der Waals surface area (Å²) in [7, 11) is 1.62. The van der Waals surface area contributed by atoms with Crippen LogP contribution in [0.3, 0.4) is 0 Å². The zero-order chi connectivity index (χ0) is 20.5. The number of benzene rings is 3. The maximum Gasteiger partial charge on any atom is 0.143 e. The highest BCUT2D eigenvalue weighted by atomic mass is 16.5. The molecule has 0 spiro atoms. The molecule has 0 bridgehead atoms. The number of hydrogen-bond donors (Lipinski definition) is 1. The fraction of sp³-hybridized carbons (Fsp3) is 0.217. The van der Waals surface area contributed by atoms with Crippen LogP contribution in [-0.4, -0.2) is 31.5 Å². The Labute approximate surface area is 170 Å². The Morgan fingerprint density at radius 2 is 1.41 bits per heavy atom. The third kappa shape index (κ3) is 4.41. The third-order valence-corrected chi connectivity index (χ3v) is 4.78. The first kappa shape index (κ1) is 20.4. The molecule has 148 valence electrons. The van der Waals surface area contributed by atoms with Crippen LogP contribution in [0.25, 0.3) is 10.4 Å². The summed E-state index contributed by atoms with van der Waals surface area (Å²) >= 11 is 0. The lowest BCUT2D eigenvalue weighted by molar-refractivity contribution is -0.00186. The average Bonchev–Trinajstić information content (AvgIpc) is 2.80. The normalized spacial score (nSPS) is 12.1. The smallest absolute Gasteiger partial charge is 0.143 e. The highest BCUT2D eigenvalue weighted by molar-refractivity contribution is 5.48. The summed E-state index contributed by atoms with van der Waals surface area (Å²) in [6, 6.07) is 26.7. The molecule has 1 unspecified atom stereocenters. The number of methoxy groups -OCH3 is 1. The van der Waals surface area contributed by atoms with Crippen molar-refractivity contribution in [1.82, 2.24) is 0 Å². The topological polar surface area (TPSA) is 87.5 Å². The molecule has 6 nitrogen and oxygen atoms in total. The van der Waals surface area contributed by atoms with Gasteiger partial charge >= 0.3 is 0 Å². The Morgan fingerprint density at radius 1 is 0.897 bits per heavy atom. The van der Waals surface area contributed by atoms with Crippen molar-refractivity contribution in [2.45, 2.75) is 11.6 Å². The van der Waals surface area contributed by atoms with Crippen LogP contribution < -0.4 is 4.74 Å². The van der Waals surface area contributed by atoms with E-state index in [1.807, 2.05) is 84.9 Å². The first-order chi connectivity index (χ1) is 14.2. The largest absolute Gasteiger partial charge is 0.497 e. The van der Waals surface area contributed by atoms with Gasteiger partial charge in [-0.25, -0.2) is 0 Å². The molecule has 0 saturated heterocycles. The molecule has 0 saturated carbocycles. The Balaban J connectivity index is 2.19. The quantitative estimate of drug-likeness (QED) is 0.250. The summed E-state index contributed by atoms with van der Waals surface area (Å²) in [6.07, 6.45) is 0. The van der Waals surface area contributed by atoms with Gasteiger partial charge in [-0.2, -0.15) is 0 Å². The van der Waals surface area contributed by atoms with Crippen LogP contribution in [0.1, 0.15) is 16.7 Å². The molecule has 3 rings (SSSR count). The van der Waals surface area contributed by atoms with Crippen LogP contribution in [0.2, 0.25) is 0 Å². The molecule has 29 heavy (non-hydrogen) atoms. The molecule has 0 aromatic heterocycles. The Hall–Kier alpha value is -3.31. The van der Waals surface area contributed by atoms with Gasteiger partial charge in [0.1, 0.15) is 11.4 Å². The van der Waals surface area contributed by atoms with E-state index in [1.54, 1.807) is 7.11 Å². The molecule has 0 heterocycles. The van der Waals surface area contributed by atoms with Crippen LogP contribution in [0.4, 0.5) is 0 Å². The van der Waals surface area contributed by atoms with E-state index in [2.05, 4.69) is 10.0 Å². The van der Waals surface area contributed by atoms with Gasteiger partial charge in [-0.15, -0.1) is 0 Å². The zero-order valence-corrected chi connectivity index (χ0v) is 16.2. The fourth-order valence-electron chi connectivity index (χ4n) is 3.34. The highest BCUT2D eigenvalue weighted by Gasteiger charge is 2.38. The maximum absolute atomic E-state index is 9.57. The first-order valence-electron chi connectivity index (χ1n) is 9.29. The molecule has 0 aliphatic rings. The van der Waals surface area contributed by atoms with Gasteiger partial charge in [0, 0.05) is 4.91 Å². The predicted octanol–water partition coefficient (Wildman–Crippen LogP) is 4.67. The second-order valence-electron chi connectivity index (χ2n) is 6.49. The van der Waals surface area contributed by atoms with Crippen LogP contribution in [0.15, 0.2) is 90.0 Å². The van der Waals surface area contributed by atoms with Crippen molar-refractivity contribution < 1.29 is 14.6 Å². The Kier molecular flexibility index (Phi) is 6.87. The molecular weight excluding hydrogens is 366 g/mol. The number of nitrogens with zero attached hydrogens (tertiary/aromatic N) is 3. The Morgan fingerprint density at radius 3 is 1.86 bits per heavy atom. The molecule has 1 N–H and O–H groups in total. The van der Waals surface area contributed by atoms with Crippen molar-refractivity contribution in [1.29, 1.82) is 0 Å². The summed E-state index contributed by atoms with van der Waals surface area (Å²) in [5.41, 5.74) is 10.6. The fourth-order valence-corrected chi connectivity index (χ4v) is 3.34. The number of hydrogen-bond acceptors (Lipinski definition) is 4. The highest BCUT2D eigenvalue weighted by Crippen LogP contribution is 2.41. The SMILES string of the molecule is COc1ccc(C(OCC(CO)N=[N+]=[N-])(c2ccccc2)c2ccccc2)cc1. The van der Waals surface area contributed by atoms with Gasteiger partial charge in [0.2, 0.25) is 0 Å². The van der Waals surface area contributed by atoms with Crippen LogP contribution >= 0.6 is 0 Å². The first-order valence-corrected chi connectivity index (χ1v) is 9.29. The summed E-state index contributed by atoms with van der Waals surface area (Å²) in [4.78, 5) is 2.82. The van der Waals surface area contributed by atoms with E-state index in [0.29, 0.717) is 0 Å². The van der Waals surface area contributed by atoms with E-state index in [-0.39, 0.29) is 13.2 Å². The van der Waals surface area contributed by atoms with Crippen molar-refractivity contribution in [3.05, 3.63) is 112 Å². The van der Waals surface area contributed by atoms with Crippen LogP contribution in [0, 0.1) is 0 Å². The van der Waals surface area contributed by atoms with Crippen molar-refractivity contribution in [2.24, 2.45) is 5.11 Å².